The maximum absolute atomic E-state index is 4.51. The molecule has 1 heterocycles. The molecule has 0 bridgehead atoms. The zero-order chi connectivity index (χ0) is 11.1. The van der Waals surface area contributed by atoms with Gasteiger partial charge in [0, 0.05) is 25.8 Å². The molecule has 82 valence electrons. The van der Waals surface area contributed by atoms with Gasteiger partial charge < -0.3 is 10.2 Å². The molecule has 0 amide bonds. The molecule has 4 heteroatoms. The molecule has 1 aromatic heterocycles. The predicted octanol–water partition coefficient (Wildman–Crippen LogP) is 1.21. The van der Waals surface area contributed by atoms with Gasteiger partial charge in [0.15, 0.2) is 0 Å². The Balaban J connectivity index is 2.81. The Labute approximate surface area is 91.0 Å². The first kappa shape index (κ1) is 11.7. The molecule has 0 radical (unpaired) electrons. The molecule has 0 aliphatic rings. The molecule has 1 rings (SSSR count). The second-order valence-corrected chi connectivity index (χ2v) is 3.23. The number of hydrogen-bond donors (Lipinski definition) is 1. The Morgan fingerprint density at radius 3 is 2.93 bits per heavy atom. The van der Waals surface area contributed by atoms with Crippen molar-refractivity contribution in [2.75, 3.05) is 25.0 Å². The van der Waals surface area contributed by atoms with Crippen LogP contribution in [0.5, 0.6) is 0 Å². The standard InChI is InChI=1S/C11H18N4/c1-4-6-15(5-2)11-9-13-8-10(14-11)7-12-3/h4,8-9,12H,1,5-7H2,2-3H3. The molecule has 0 saturated heterocycles. The van der Waals surface area contributed by atoms with E-state index in [1.165, 1.54) is 0 Å². The van der Waals surface area contributed by atoms with Crippen molar-refractivity contribution in [1.29, 1.82) is 0 Å². The summed E-state index contributed by atoms with van der Waals surface area (Å²) in [6, 6.07) is 0. The minimum Gasteiger partial charge on any atom is -0.352 e. The number of hydrogen-bond acceptors (Lipinski definition) is 4. The van der Waals surface area contributed by atoms with Crippen molar-refractivity contribution in [2.45, 2.75) is 13.5 Å². The van der Waals surface area contributed by atoms with E-state index < -0.39 is 0 Å². The monoisotopic (exact) mass is 206 g/mol. The highest BCUT2D eigenvalue weighted by atomic mass is 15.2. The van der Waals surface area contributed by atoms with E-state index in [-0.39, 0.29) is 0 Å². The van der Waals surface area contributed by atoms with Crippen LogP contribution in [0.25, 0.3) is 0 Å². The van der Waals surface area contributed by atoms with Crippen LogP contribution in [0.1, 0.15) is 12.6 Å². The van der Waals surface area contributed by atoms with Crippen molar-refractivity contribution in [3.63, 3.8) is 0 Å². The molecule has 0 aliphatic carbocycles. The fourth-order valence-corrected chi connectivity index (χ4v) is 1.35. The molecular formula is C11H18N4. The van der Waals surface area contributed by atoms with Gasteiger partial charge in [-0.05, 0) is 14.0 Å². The Kier molecular flexibility index (Phi) is 4.77. The van der Waals surface area contributed by atoms with Gasteiger partial charge in [-0.25, -0.2) is 4.98 Å². The van der Waals surface area contributed by atoms with Gasteiger partial charge in [-0.1, -0.05) is 6.08 Å². The van der Waals surface area contributed by atoms with Crippen molar-refractivity contribution in [1.82, 2.24) is 15.3 Å². The van der Waals surface area contributed by atoms with E-state index in [0.717, 1.165) is 31.1 Å². The third-order valence-electron chi connectivity index (χ3n) is 2.08. The second kappa shape index (κ2) is 6.14. The summed E-state index contributed by atoms with van der Waals surface area (Å²) in [5.74, 6) is 0.908. The van der Waals surface area contributed by atoms with E-state index in [0.29, 0.717) is 0 Å². The quantitative estimate of drug-likeness (QED) is 0.710. The lowest BCUT2D eigenvalue weighted by atomic mass is 10.4. The van der Waals surface area contributed by atoms with E-state index in [4.69, 9.17) is 0 Å². The van der Waals surface area contributed by atoms with Gasteiger partial charge in [0.05, 0.1) is 11.9 Å². The van der Waals surface area contributed by atoms with E-state index in [1.807, 2.05) is 13.1 Å². The molecule has 0 fully saturated rings. The first-order valence-electron chi connectivity index (χ1n) is 5.13. The van der Waals surface area contributed by atoms with Crippen LogP contribution in [-0.4, -0.2) is 30.1 Å². The molecule has 15 heavy (non-hydrogen) atoms. The molecular weight excluding hydrogens is 188 g/mol. The van der Waals surface area contributed by atoms with Crippen LogP contribution in [0.2, 0.25) is 0 Å². The van der Waals surface area contributed by atoms with E-state index in [9.17, 15) is 0 Å². The van der Waals surface area contributed by atoms with Gasteiger partial charge in [-0.2, -0.15) is 0 Å². The minimum atomic E-state index is 0.743. The fraction of sp³-hybridized carbons (Fsp3) is 0.455. The topological polar surface area (TPSA) is 41.1 Å². The number of nitrogens with zero attached hydrogens (tertiary/aromatic N) is 3. The highest BCUT2D eigenvalue weighted by Gasteiger charge is 2.04. The van der Waals surface area contributed by atoms with Gasteiger partial charge in [0.1, 0.15) is 5.82 Å². The average molecular weight is 206 g/mol. The van der Waals surface area contributed by atoms with Crippen LogP contribution in [0, 0.1) is 0 Å². The summed E-state index contributed by atoms with van der Waals surface area (Å²) >= 11 is 0. The van der Waals surface area contributed by atoms with Gasteiger partial charge in [-0.15, -0.1) is 6.58 Å². The number of likely N-dealkylation sites (N-methyl/N-ethyl adjacent to an activating group) is 1. The van der Waals surface area contributed by atoms with Gasteiger partial charge in [0.2, 0.25) is 0 Å². The third kappa shape index (κ3) is 3.32. The molecule has 4 nitrogen and oxygen atoms in total. The normalized spacial score (nSPS) is 10.0. The Morgan fingerprint density at radius 2 is 2.33 bits per heavy atom. The van der Waals surface area contributed by atoms with Crippen LogP contribution in [0.4, 0.5) is 5.82 Å². The summed E-state index contributed by atoms with van der Waals surface area (Å²) in [4.78, 5) is 10.8. The molecule has 0 aromatic carbocycles. The largest absolute Gasteiger partial charge is 0.352 e. The number of anilines is 1. The average Bonchev–Trinajstić information content (AvgIpc) is 2.27. The molecule has 1 aromatic rings. The number of rotatable bonds is 6. The molecule has 0 unspecified atom stereocenters. The van der Waals surface area contributed by atoms with Gasteiger partial charge in [-0.3, -0.25) is 4.98 Å². The van der Waals surface area contributed by atoms with E-state index in [2.05, 4.69) is 33.7 Å². The maximum atomic E-state index is 4.51. The Hall–Kier alpha value is -1.42. The zero-order valence-electron chi connectivity index (χ0n) is 9.40. The Bertz CT molecular complexity index is 311. The first-order chi connectivity index (χ1) is 7.31. The fourth-order valence-electron chi connectivity index (χ4n) is 1.35. The molecule has 0 atom stereocenters. The minimum absolute atomic E-state index is 0.743. The van der Waals surface area contributed by atoms with Crippen molar-refractivity contribution in [3.8, 4) is 0 Å². The summed E-state index contributed by atoms with van der Waals surface area (Å²) in [6.07, 6.45) is 5.43. The van der Waals surface area contributed by atoms with E-state index in [1.54, 1.807) is 12.4 Å². The van der Waals surface area contributed by atoms with Crippen LogP contribution in [-0.2, 0) is 6.54 Å². The predicted molar refractivity (Wildman–Crippen MR) is 62.9 cm³/mol. The zero-order valence-corrected chi connectivity index (χ0v) is 9.40. The van der Waals surface area contributed by atoms with Gasteiger partial charge >= 0.3 is 0 Å². The van der Waals surface area contributed by atoms with Crippen LogP contribution >= 0.6 is 0 Å². The lowest BCUT2D eigenvalue weighted by Gasteiger charge is -2.19. The second-order valence-electron chi connectivity index (χ2n) is 3.23. The lowest BCUT2D eigenvalue weighted by molar-refractivity contribution is 0.773. The number of nitrogens with one attached hydrogen (secondary N) is 1. The van der Waals surface area contributed by atoms with E-state index >= 15 is 0 Å². The first-order valence-corrected chi connectivity index (χ1v) is 5.13. The lowest BCUT2D eigenvalue weighted by Crippen LogP contribution is -2.24. The van der Waals surface area contributed by atoms with Crippen LogP contribution in [0.3, 0.4) is 0 Å². The molecule has 0 saturated carbocycles. The molecule has 0 aliphatic heterocycles. The van der Waals surface area contributed by atoms with Crippen LogP contribution < -0.4 is 10.2 Å². The highest BCUT2D eigenvalue weighted by molar-refractivity contribution is 5.36. The summed E-state index contributed by atoms with van der Waals surface area (Å²) in [5, 5.41) is 3.06. The van der Waals surface area contributed by atoms with Crippen molar-refractivity contribution in [3.05, 3.63) is 30.7 Å². The highest BCUT2D eigenvalue weighted by Crippen LogP contribution is 2.08. The third-order valence-corrected chi connectivity index (χ3v) is 2.08. The van der Waals surface area contributed by atoms with Crippen molar-refractivity contribution >= 4 is 5.82 Å². The summed E-state index contributed by atoms with van der Waals surface area (Å²) in [7, 11) is 1.90. The van der Waals surface area contributed by atoms with Crippen LogP contribution in [0.15, 0.2) is 25.0 Å². The molecule has 1 N–H and O–H groups in total. The summed E-state index contributed by atoms with van der Waals surface area (Å²) in [5.41, 5.74) is 0.956. The maximum Gasteiger partial charge on any atom is 0.147 e. The summed E-state index contributed by atoms with van der Waals surface area (Å²) in [6.45, 7) is 8.27. The summed E-state index contributed by atoms with van der Waals surface area (Å²) < 4.78 is 0. The van der Waals surface area contributed by atoms with Gasteiger partial charge in [0.25, 0.3) is 0 Å². The number of aromatic nitrogens is 2. The smallest absolute Gasteiger partial charge is 0.147 e. The molecule has 0 spiro atoms. The van der Waals surface area contributed by atoms with Crippen molar-refractivity contribution in [2.24, 2.45) is 0 Å². The Morgan fingerprint density at radius 1 is 1.53 bits per heavy atom. The SMILES string of the molecule is C=CCN(CC)c1cncc(CNC)n1. The van der Waals surface area contributed by atoms with Crippen molar-refractivity contribution < 1.29 is 0 Å².